The van der Waals surface area contributed by atoms with E-state index in [1.165, 1.54) is 18.9 Å². The van der Waals surface area contributed by atoms with Crippen LogP contribution in [-0.2, 0) is 6.54 Å². The van der Waals surface area contributed by atoms with Crippen LogP contribution in [0.1, 0.15) is 39.2 Å². The van der Waals surface area contributed by atoms with Crippen LogP contribution in [0, 0.1) is 5.82 Å². The van der Waals surface area contributed by atoms with Crippen LogP contribution in [0.25, 0.3) is 0 Å². The van der Waals surface area contributed by atoms with Crippen LogP contribution in [-0.4, -0.2) is 29.6 Å². The Hall–Kier alpha value is -0.450. The summed E-state index contributed by atoms with van der Waals surface area (Å²) in [5.74, 6) is -0.177. The number of hydrogen-bond acceptors (Lipinski definition) is 2. The number of halogens is 2. The number of rotatable bonds is 4. The highest BCUT2D eigenvalue weighted by atomic mass is 79.9. The third-order valence-electron chi connectivity index (χ3n) is 3.96. The van der Waals surface area contributed by atoms with Crippen molar-refractivity contribution in [1.82, 2.24) is 10.2 Å². The molecule has 1 saturated heterocycles. The van der Waals surface area contributed by atoms with Gasteiger partial charge in [-0.05, 0) is 47.8 Å². The van der Waals surface area contributed by atoms with Gasteiger partial charge >= 0.3 is 0 Å². The normalized spacial score (nSPS) is 22.9. The third kappa shape index (κ3) is 3.80. The second-order valence-electron chi connectivity index (χ2n) is 6.33. The number of piperazine rings is 1. The van der Waals surface area contributed by atoms with Crippen LogP contribution in [0.3, 0.4) is 0 Å². The Morgan fingerprint density at radius 2 is 2.20 bits per heavy atom. The van der Waals surface area contributed by atoms with E-state index in [4.69, 9.17) is 0 Å². The zero-order valence-corrected chi connectivity index (χ0v) is 14.1. The highest BCUT2D eigenvalue weighted by Crippen LogP contribution is 2.26. The van der Waals surface area contributed by atoms with E-state index in [9.17, 15) is 4.39 Å². The van der Waals surface area contributed by atoms with Crippen molar-refractivity contribution < 1.29 is 4.39 Å². The van der Waals surface area contributed by atoms with Gasteiger partial charge in [-0.25, -0.2) is 4.39 Å². The molecule has 1 atom stereocenters. The quantitative estimate of drug-likeness (QED) is 0.891. The summed E-state index contributed by atoms with van der Waals surface area (Å²) in [6.07, 6.45) is 2.35. The van der Waals surface area contributed by atoms with E-state index < -0.39 is 0 Å². The minimum absolute atomic E-state index is 0.115. The lowest BCUT2D eigenvalue weighted by Gasteiger charge is -2.45. The molecule has 1 unspecified atom stereocenters. The molecule has 1 heterocycles. The molecule has 20 heavy (non-hydrogen) atoms. The van der Waals surface area contributed by atoms with Gasteiger partial charge in [-0.15, -0.1) is 0 Å². The molecule has 0 radical (unpaired) electrons. The Morgan fingerprint density at radius 1 is 1.45 bits per heavy atom. The molecule has 0 saturated carbocycles. The number of nitrogens with zero attached hydrogens (tertiary/aromatic N) is 1. The fourth-order valence-corrected chi connectivity index (χ4v) is 3.30. The first-order valence-corrected chi connectivity index (χ1v) is 8.14. The SMILES string of the molecule is CCCC1CNC(C)(C)CN1Cc1cccc(F)c1Br. The second kappa shape index (κ2) is 6.54. The summed E-state index contributed by atoms with van der Waals surface area (Å²) < 4.78 is 14.3. The summed E-state index contributed by atoms with van der Waals surface area (Å²) in [6.45, 7) is 9.46. The molecular weight excluding hydrogens is 319 g/mol. The van der Waals surface area contributed by atoms with E-state index in [2.05, 4.69) is 46.9 Å². The Bertz CT molecular complexity index is 462. The van der Waals surface area contributed by atoms with E-state index >= 15 is 0 Å². The van der Waals surface area contributed by atoms with Gasteiger partial charge in [0.25, 0.3) is 0 Å². The molecule has 2 rings (SSSR count). The Kier molecular flexibility index (Phi) is 5.21. The van der Waals surface area contributed by atoms with E-state index in [-0.39, 0.29) is 11.4 Å². The molecule has 1 aromatic carbocycles. The fourth-order valence-electron chi connectivity index (χ4n) is 2.91. The average Bonchev–Trinajstić information content (AvgIpc) is 2.38. The molecule has 1 aliphatic heterocycles. The zero-order chi connectivity index (χ0) is 14.8. The molecule has 0 bridgehead atoms. The fraction of sp³-hybridized carbons (Fsp3) is 0.625. The second-order valence-corrected chi connectivity index (χ2v) is 7.12. The molecule has 0 aromatic heterocycles. The maximum absolute atomic E-state index is 13.7. The Balaban J connectivity index is 2.16. The summed E-state index contributed by atoms with van der Waals surface area (Å²) in [5, 5.41) is 3.61. The monoisotopic (exact) mass is 342 g/mol. The molecule has 0 spiro atoms. The van der Waals surface area contributed by atoms with Gasteiger partial charge in [-0.1, -0.05) is 25.5 Å². The predicted molar refractivity (Wildman–Crippen MR) is 85.3 cm³/mol. The van der Waals surface area contributed by atoms with Gasteiger partial charge in [0.05, 0.1) is 4.47 Å². The Labute approximate surface area is 129 Å². The van der Waals surface area contributed by atoms with Crippen molar-refractivity contribution in [2.75, 3.05) is 13.1 Å². The molecule has 1 aromatic rings. The molecule has 0 amide bonds. The molecule has 1 aliphatic rings. The standard InChI is InChI=1S/C16H24BrFN2/c1-4-6-13-9-19-16(2,3)11-20(13)10-12-7-5-8-14(18)15(12)17/h5,7-8,13,19H,4,6,9-11H2,1-3H3. The predicted octanol–water partition coefficient (Wildman–Crippen LogP) is 3.94. The summed E-state index contributed by atoms with van der Waals surface area (Å²) in [7, 11) is 0. The smallest absolute Gasteiger partial charge is 0.137 e. The first-order valence-electron chi connectivity index (χ1n) is 7.35. The summed E-state index contributed by atoms with van der Waals surface area (Å²) >= 11 is 3.38. The maximum atomic E-state index is 13.7. The van der Waals surface area contributed by atoms with E-state index in [0.717, 1.165) is 25.2 Å². The number of nitrogens with one attached hydrogen (secondary N) is 1. The van der Waals surface area contributed by atoms with Crippen LogP contribution in [0.5, 0.6) is 0 Å². The lowest BCUT2D eigenvalue weighted by molar-refractivity contribution is 0.0824. The van der Waals surface area contributed by atoms with Crippen molar-refractivity contribution in [2.45, 2.75) is 51.7 Å². The van der Waals surface area contributed by atoms with Gasteiger partial charge in [0.1, 0.15) is 5.82 Å². The van der Waals surface area contributed by atoms with Crippen molar-refractivity contribution in [2.24, 2.45) is 0 Å². The highest BCUT2D eigenvalue weighted by Gasteiger charge is 2.32. The van der Waals surface area contributed by atoms with Gasteiger partial charge in [-0.3, -0.25) is 4.90 Å². The van der Waals surface area contributed by atoms with Crippen molar-refractivity contribution in [3.8, 4) is 0 Å². The van der Waals surface area contributed by atoms with Crippen LogP contribution < -0.4 is 5.32 Å². The first kappa shape index (κ1) is 15.9. The molecule has 4 heteroatoms. The maximum Gasteiger partial charge on any atom is 0.137 e. The summed E-state index contributed by atoms with van der Waals surface area (Å²) in [6, 6.07) is 5.82. The van der Waals surface area contributed by atoms with Gasteiger partial charge in [0, 0.05) is 31.2 Å². The van der Waals surface area contributed by atoms with Gasteiger partial charge in [0.15, 0.2) is 0 Å². The molecule has 2 nitrogen and oxygen atoms in total. The topological polar surface area (TPSA) is 15.3 Å². The minimum Gasteiger partial charge on any atom is -0.309 e. The minimum atomic E-state index is -0.177. The number of benzene rings is 1. The van der Waals surface area contributed by atoms with Crippen LogP contribution in [0.15, 0.2) is 22.7 Å². The summed E-state index contributed by atoms with van der Waals surface area (Å²) in [5.41, 5.74) is 1.15. The first-order chi connectivity index (χ1) is 9.43. The van der Waals surface area contributed by atoms with Crippen LogP contribution in [0.2, 0.25) is 0 Å². The molecule has 0 aliphatic carbocycles. The van der Waals surface area contributed by atoms with Crippen molar-refractivity contribution in [3.63, 3.8) is 0 Å². The largest absolute Gasteiger partial charge is 0.309 e. The van der Waals surface area contributed by atoms with Gasteiger partial charge < -0.3 is 5.32 Å². The molecule has 1 N–H and O–H groups in total. The van der Waals surface area contributed by atoms with Crippen molar-refractivity contribution >= 4 is 15.9 Å². The van der Waals surface area contributed by atoms with E-state index in [1.807, 2.05) is 6.07 Å². The number of hydrogen-bond donors (Lipinski definition) is 1. The average molecular weight is 343 g/mol. The third-order valence-corrected chi connectivity index (χ3v) is 4.85. The molecule has 112 valence electrons. The van der Waals surface area contributed by atoms with E-state index in [1.54, 1.807) is 6.07 Å². The lowest BCUT2D eigenvalue weighted by Crippen LogP contribution is -2.61. The van der Waals surface area contributed by atoms with Crippen LogP contribution in [0.4, 0.5) is 4.39 Å². The summed E-state index contributed by atoms with van der Waals surface area (Å²) in [4.78, 5) is 2.49. The van der Waals surface area contributed by atoms with Gasteiger partial charge in [0.2, 0.25) is 0 Å². The van der Waals surface area contributed by atoms with Crippen LogP contribution >= 0.6 is 15.9 Å². The lowest BCUT2D eigenvalue weighted by atomic mass is 9.96. The Morgan fingerprint density at radius 3 is 2.90 bits per heavy atom. The molecular formula is C16H24BrFN2. The highest BCUT2D eigenvalue weighted by molar-refractivity contribution is 9.10. The van der Waals surface area contributed by atoms with E-state index in [0.29, 0.717) is 10.5 Å². The van der Waals surface area contributed by atoms with Crippen molar-refractivity contribution in [1.29, 1.82) is 0 Å². The van der Waals surface area contributed by atoms with Gasteiger partial charge in [-0.2, -0.15) is 0 Å². The molecule has 1 fully saturated rings. The zero-order valence-electron chi connectivity index (χ0n) is 12.5. The van der Waals surface area contributed by atoms with Crippen molar-refractivity contribution in [3.05, 3.63) is 34.1 Å².